The number of furan rings is 2. The molecule has 0 amide bonds. The van der Waals surface area contributed by atoms with E-state index in [0.29, 0.717) is 29.3 Å². The minimum Gasteiger partial charge on any atom is -0.870 e. The van der Waals surface area contributed by atoms with Gasteiger partial charge in [-0.3, -0.25) is 4.79 Å². The van der Waals surface area contributed by atoms with Gasteiger partial charge in [0.25, 0.3) is 0 Å². The normalized spacial score (nSPS) is 9.88. The van der Waals surface area contributed by atoms with E-state index in [2.05, 4.69) is 4.42 Å². The molecule has 0 spiro atoms. The molecular weight excluding hydrogens is 543 g/mol. The second kappa shape index (κ2) is 16.6. The summed E-state index contributed by atoms with van der Waals surface area (Å²) in [5.74, 6) is 2.20. The molecule has 7 nitrogen and oxygen atoms in total. The first-order valence-corrected chi connectivity index (χ1v) is 12.9. The molecule has 0 saturated heterocycles. The van der Waals surface area contributed by atoms with E-state index in [9.17, 15) is 20.1 Å². The number of hydrogen-bond donors (Lipinski definition) is 3. The van der Waals surface area contributed by atoms with Crippen LogP contribution in [0.5, 0.6) is 17.2 Å². The topological polar surface area (TPSA) is 134 Å². The van der Waals surface area contributed by atoms with Gasteiger partial charge in [-0.15, -0.1) is 0 Å². The van der Waals surface area contributed by atoms with Crippen LogP contribution < -0.4 is 29.6 Å². The molecule has 0 fully saturated rings. The van der Waals surface area contributed by atoms with Gasteiger partial charge in [-0.1, -0.05) is 42.5 Å². The maximum atomic E-state index is 10.1. The summed E-state index contributed by atoms with van der Waals surface area (Å²) in [5, 5.41) is 29.4. The van der Waals surface area contributed by atoms with Gasteiger partial charge in [0.2, 0.25) is 0 Å². The van der Waals surface area contributed by atoms with Gasteiger partial charge in [-0.05, 0) is 110 Å². The zero-order chi connectivity index (χ0) is 29.4. The molecule has 0 atom stereocenters. The van der Waals surface area contributed by atoms with Crippen molar-refractivity contribution < 1.29 is 64.0 Å². The molecule has 0 saturated carbocycles. The Morgan fingerprint density at radius 1 is 0.595 bits per heavy atom. The molecular formula is C34H37NaO7. The minimum absolute atomic E-state index is 0. The van der Waals surface area contributed by atoms with Crippen LogP contribution in [0.25, 0.3) is 0 Å². The fourth-order valence-electron chi connectivity index (χ4n) is 4.45. The van der Waals surface area contributed by atoms with E-state index in [4.69, 9.17) is 4.42 Å². The Morgan fingerprint density at radius 3 is 1.31 bits per heavy atom. The van der Waals surface area contributed by atoms with Gasteiger partial charge < -0.3 is 29.6 Å². The van der Waals surface area contributed by atoms with E-state index in [1.807, 2.05) is 96.1 Å². The monoisotopic (exact) mass is 580 g/mol. The van der Waals surface area contributed by atoms with Crippen LogP contribution in [0, 0.1) is 41.5 Å². The zero-order valence-electron chi connectivity index (χ0n) is 25.2. The Hall–Kier alpha value is -3.75. The fraction of sp³-hybridized carbons (Fsp3) is 0.206. The molecule has 3 aromatic carbocycles. The third kappa shape index (κ3) is 9.13. The fourth-order valence-corrected chi connectivity index (χ4v) is 4.45. The largest absolute Gasteiger partial charge is 1.00 e. The maximum Gasteiger partial charge on any atom is 1.00 e. The minimum atomic E-state index is -0.0870. The molecule has 0 unspecified atom stereocenters. The molecule has 0 aliphatic heterocycles. The Morgan fingerprint density at radius 2 is 1.00 bits per heavy atom. The number of benzene rings is 3. The zero-order valence-corrected chi connectivity index (χ0v) is 27.2. The van der Waals surface area contributed by atoms with Crippen LogP contribution in [0.2, 0.25) is 0 Å². The predicted octanol–water partition coefficient (Wildman–Crippen LogP) is 5.03. The molecule has 42 heavy (non-hydrogen) atoms. The van der Waals surface area contributed by atoms with Gasteiger partial charge >= 0.3 is 29.6 Å². The second-order valence-corrected chi connectivity index (χ2v) is 9.83. The van der Waals surface area contributed by atoms with Crippen molar-refractivity contribution in [3.8, 4) is 17.2 Å². The van der Waals surface area contributed by atoms with Crippen LogP contribution >= 0.6 is 0 Å². The number of phenolic OH excluding ortho intramolecular Hbond substituents is 3. The summed E-state index contributed by atoms with van der Waals surface area (Å²) < 4.78 is 10.3. The summed E-state index contributed by atoms with van der Waals surface area (Å²) in [5.41, 5.74) is 7.36. The summed E-state index contributed by atoms with van der Waals surface area (Å²) in [6.45, 7) is 11.4. The number of aldehydes is 1. The molecule has 8 heteroatoms. The maximum absolute atomic E-state index is 10.1. The van der Waals surface area contributed by atoms with Crippen molar-refractivity contribution in [1.29, 1.82) is 0 Å². The number of para-hydroxylation sites is 1. The Kier molecular flexibility index (Phi) is 14.4. The van der Waals surface area contributed by atoms with E-state index in [1.165, 1.54) is 6.26 Å². The average molecular weight is 581 g/mol. The summed E-state index contributed by atoms with van der Waals surface area (Å²) in [6, 6.07) is 20.8. The third-order valence-corrected chi connectivity index (χ3v) is 6.62. The van der Waals surface area contributed by atoms with E-state index in [-0.39, 0.29) is 41.0 Å². The van der Waals surface area contributed by atoms with Gasteiger partial charge in [0, 0.05) is 0 Å². The molecule has 2 heterocycles. The molecule has 216 valence electrons. The number of rotatable bonds is 4. The first kappa shape index (κ1) is 36.3. The van der Waals surface area contributed by atoms with Gasteiger partial charge in [0.1, 0.15) is 23.0 Å². The number of aryl methyl sites for hydroxylation is 6. The molecule has 0 aliphatic carbocycles. The molecule has 0 bridgehead atoms. The van der Waals surface area contributed by atoms with E-state index >= 15 is 0 Å². The van der Waals surface area contributed by atoms with Crippen LogP contribution in [0.3, 0.4) is 0 Å². The molecule has 0 radical (unpaired) electrons. The van der Waals surface area contributed by atoms with Gasteiger partial charge in [0.05, 0.1) is 18.4 Å². The Bertz CT molecular complexity index is 1430. The first-order valence-electron chi connectivity index (χ1n) is 12.9. The van der Waals surface area contributed by atoms with E-state index < -0.39 is 0 Å². The third-order valence-electron chi connectivity index (χ3n) is 6.62. The smallest absolute Gasteiger partial charge is 0.870 e. The van der Waals surface area contributed by atoms with Crippen molar-refractivity contribution in [3.63, 3.8) is 0 Å². The van der Waals surface area contributed by atoms with Crippen LogP contribution in [0.1, 0.15) is 66.7 Å². The van der Waals surface area contributed by atoms with Crippen LogP contribution in [-0.2, 0) is 0 Å². The molecule has 5 aromatic rings. The number of carbonyl (C=O) groups is 1. The average Bonchev–Trinajstić information content (AvgIpc) is 3.65. The Labute approximate surface area is 269 Å². The van der Waals surface area contributed by atoms with E-state index in [0.717, 1.165) is 50.3 Å². The quantitative estimate of drug-likeness (QED) is 0.200. The second-order valence-electron chi connectivity index (χ2n) is 9.83. The van der Waals surface area contributed by atoms with E-state index in [1.54, 1.807) is 18.4 Å². The number of hydrogen-bond acceptors (Lipinski definition) is 7. The SMILES string of the molecule is Cc1cc(C(c2cc(C)c(O)c(C)c2)c2ccco2)cc(C)c1O.Cc1cccc(C)c1O.O=Cc1ccco1.[Na+].[OH-]. The van der Waals surface area contributed by atoms with Crippen molar-refractivity contribution in [1.82, 2.24) is 0 Å². The van der Waals surface area contributed by atoms with Crippen LogP contribution in [-0.4, -0.2) is 27.1 Å². The number of phenols is 3. The summed E-state index contributed by atoms with van der Waals surface area (Å²) in [4.78, 5) is 9.77. The summed E-state index contributed by atoms with van der Waals surface area (Å²) in [6.07, 6.45) is 3.80. The van der Waals surface area contributed by atoms with Gasteiger partial charge in [-0.25, -0.2) is 0 Å². The van der Waals surface area contributed by atoms with Crippen LogP contribution in [0.15, 0.2) is 88.1 Å². The molecule has 0 aliphatic rings. The van der Waals surface area contributed by atoms with Crippen LogP contribution in [0.4, 0.5) is 0 Å². The van der Waals surface area contributed by atoms with Crippen molar-refractivity contribution in [2.75, 3.05) is 0 Å². The molecule has 5 rings (SSSR count). The molecule has 4 N–H and O–H groups in total. The Balaban J connectivity index is 0.000000403. The summed E-state index contributed by atoms with van der Waals surface area (Å²) in [7, 11) is 0. The predicted molar refractivity (Wildman–Crippen MR) is 158 cm³/mol. The van der Waals surface area contributed by atoms with Crippen molar-refractivity contribution in [2.24, 2.45) is 0 Å². The summed E-state index contributed by atoms with van der Waals surface area (Å²) >= 11 is 0. The standard InChI is InChI=1S/C21H22O3.C8H10O.C5H4O2.Na.H2O/c1-12-8-16(9-13(2)20(12)22)19(18-6-5-7-24-18)17-10-14(3)21(23)15(4)11-17;1-6-4-3-5-7(2)8(6)9;6-4-5-2-1-3-7-5;;/h5-11,19,22-23H,1-4H3;3-5,9H,1-2H3;1-4H;;1H2/q;;;+1;/p-1. The van der Waals surface area contributed by atoms with Gasteiger partial charge in [0.15, 0.2) is 12.0 Å². The van der Waals surface area contributed by atoms with Crippen molar-refractivity contribution in [3.05, 3.63) is 135 Å². The first-order chi connectivity index (χ1) is 19.0. The number of aromatic hydroxyl groups is 3. The number of carbonyl (C=O) groups excluding carboxylic acids is 1. The molecule has 2 aromatic heterocycles. The van der Waals surface area contributed by atoms with Crippen molar-refractivity contribution in [2.45, 2.75) is 47.5 Å². The van der Waals surface area contributed by atoms with Gasteiger partial charge in [-0.2, -0.15) is 0 Å². The van der Waals surface area contributed by atoms with Crippen molar-refractivity contribution >= 4 is 6.29 Å².